The fourth-order valence-electron chi connectivity index (χ4n) is 2.77. The Bertz CT molecular complexity index is 683. The molecule has 1 N–H and O–H groups in total. The molecular formula is C17H19NO3. The van der Waals surface area contributed by atoms with Crippen LogP contribution in [0.25, 0.3) is 10.8 Å². The van der Waals surface area contributed by atoms with Gasteiger partial charge >= 0.3 is 0 Å². The van der Waals surface area contributed by atoms with Crippen molar-refractivity contribution >= 4 is 16.7 Å². The molecule has 21 heavy (non-hydrogen) atoms. The Morgan fingerprint density at radius 3 is 2.81 bits per heavy atom. The van der Waals surface area contributed by atoms with E-state index < -0.39 is 0 Å². The van der Waals surface area contributed by atoms with Crippen LogP contribution in [0.1, 0.15) is 24.2 Å². The highest BCUT2D eigenvalue weighted by Crippen LogP contribution is 2.30. The standard InChI is InChI=1S/C17H19NO3/c1-11-10-21-12(2)9-18(11)17(20)15-8-7-13-5-3-4-6-14(13)16(15)19/h3-8,11-12,19H,9-10H2,1-2H3. The molecule has 4 heteroatoms. The van der Waals surface area contributed by atoms with Gasteiger partial charge in [-0.05, 0) is 25.3 Å². The van der Waals surface area contributed by atoms with Gasteiger partial charge in [-0.2, -0.15) is 0 Å². The van der Waals surface area contributed by atoms with Crippen molar-refractivity contribution in [2.45, 2.75) is 26.0 Å². The molecule has 1 fully saturated rings. The summed E-state index contributed by atoms with van der Waals surface area (Å²) in [4.78, 5) is 14.5. The SMILES string of the molecule is CC1CN(C(=O)c2ccc3ccccc3c2O)C(C)CO1. The van der Waals surface area contributed by atoms with E-state index in [1.54, 1.807) is 11.0 Å². The van der Waals surface area contributed by atoms with E-state index in [0.717, 1.165) is 5.39 Å². The predicted molar refractivity (Wildman–Crippen MR) is 81.5 cm³/mol. The minimum Gasteiger partial charge on any atom is -0.506 e. The molecule has 1 aliphatic rings. The number of phenols is 1. The van der Waals surface area contributed by atoms with Crippen LogP contribution in [-0.4, -0.2) is 41.2 Å². The van der Waals surface area contributed by atoms with E-state index in [9.17, 15) is 9.90 Å². The third-order valence-corrected chi connectivity index (χ3v) is 4.00. The van der Waals surface area contributed by atoms with Crippen molar-refractivity contribution in [1.82, 2.24) is 4.90 Å². The van der Waals surface area contributed by atoms with Crippen molar-refractivity contribution in [3.8, 4) is 5.75 Å². The van der Waals surface area contributed by atoms with E-state index in [0.29, 0.717) is 24.1 Å². The van der Waals surface area contributed by atoms with Gasteiger partial charge in [-0.15, -0.1) is 0 Å². The normalized spacial score (nSPS) is 22.5. The Kier molecular flexibility index (Phi) is 3.55. The molecule has 0 spiro atoms. The number of phenolic OH excluding ortho intramolecular Hbond substituents is 1. The van der Waals surface area contributed by atoms with E-state index in [4.69, 9.17) is 4.74 Å². The lowest BCUT2D eigenvalue weighted by atomic mass is 10.0. The van der Waals surface area contributed by atoms with Gasteiger partial charge in [-0.3, -0.25) is 4.79 Å². The lowest BCUT2D eigenvalue weighted by Gasteiger charge is -2.37. The number of aromatic hydroxyl groups is 1. The lowest BCUT2D eigenvalue weighted by molar-refractivity contribution is -0.0387. The maximum atomic E-state index is 12.7. The number of carbonyl (C=O) groups is 1. The molecule has 0 saturated carbocycles. The molecule has 110 valence electrons. The number of amides is 1. The van der Waals surface area contributed by atoms with E-state index in [1.165, 1.54) is 0 Å². The van der Waals surface area contributed by atoms with Gasteiger partial charge in [0.05, 0.1) is 24.3 Å². The summed E-state index contributed by atoms with van der Waals surface area (Å²) in [6, 6.07) is 11.1. The molecule has 0 aromatic heterocycles. The summed E-state index contributed by atoms with van der Waals surface area (Å²) in [6.07, 6.45) is 0.0211. The van der Waals surface area contributed by atoms with Crippen LogP contribution in [0.4, 0.5) is 0 Å². The number of carbonyl (C=O) groups excluding carboxylic acids is 1. The van der Waals surface area contributed by atoms with Gasteiger partial charge in [0, 0.05) is 11.9 Å². The Morgan fingerprint density at radius 2 is 2.00 bits per heavy atom. The van der Waals surface area contributed by atoms with E-state index >= 15 is 0 Å². The maximum absolute atomic E-state index is 12.7. The first-order valence-electron chi connectivity index (χ1n) is 7.21. The zero-order valence-electron chi connectivity index (χ0n) is 12.2. The molecule has 1 amide bonds. The van der Waals surface area contributed by atoms with Crippen LogP contribution in [0.5, 0.6) is 5.75 Å². The summed E-state index contributed by atoms with van der Waals surface area (Å²) in [7, 11) is 0. The summed E-state index contributed by atoms with van der Waals surface area (Å²) < 4.78 is 5.55. The predicted octanol–water partition coefficient (Wildman–Crippen LogP) is 2.79. The maximum Gasteiger partial charge on any atom is 0.258 e. The van der Waals surface area contributed by atoms with E-state index in [-0.39, 0.29) is 23.8 Å². The molecule has 2 unspecified atom stereocenters. The average molecular weight is 285 g/mol. The van der Waals surface area contributed by atoms with Crippen LogP contribution in [-0.2, 0) is 4.74 Å². The minimum atomic E-state index is -0.138. The third kappa shape index (κ3) is 2.47. The quantitative estimate of drug-likeness (QED) is 0.876. The lowest BCUT2D eigenvalue weighted by Crippen LogP contribution is -2.50. The number of fused-ring (bicyclic) bond motifs is 1. The van der Waals surface area contributed by atoms with Crippen LogP contribution < -0.4 is 0 Å². The Hall–Kier alpha value is -2.07. The zero-order chi connectivity index (χ0) is 15.0. The second-order valence-electron chi connectivity index (χ2n) is 5.63. The molecule has 2 atom stereocenters. The summed E-state index contributed by atoms with van der Waals surface area (Å²) in [5, 5.41) is 12.1. The van der Waals surface area contributed by atoms with Gasteiger partial charge in [0.2, 0.25) is 0 Å². The fourth-order valence-corrected chi connectivity index (χ4v) is 2.77. The number of rotatable bonds is 1. The number of hydrogen-bond acceptors (Lipinski definition) is 3. The first kappa shape index (κ1) is 13.9. The molecule has 0 bridgehead atoms. The monoisotopic (exact) mass is 285 g/mol. The molecule has 1 heterocycles. The molecule has 0 aliphatic carbocycles. The van der Waals surface area contributed by atoms with Crippen molar-refractivity contribution in [2.75, 3.05) is 13.2 Å². The zero-order valence-corrected chi connectivity index (χ0v) is 12.2. The molecule has 1 aliphatic heterocycles. The van der Waals surface area contributed by atoms with Gasteiger partial charge in [-0.25, -0.2) is 0 Å². The second kappa shape index (κ2) is 5.37. The largest absolute Gasteiger partial charge is 0.506 e. The molecular weight excluding hydrogens is 266 g/mol. The van der Waals surface area contributed by atoms with Crippen LogP contribution in [0.15, 0.2) is 36.4 Å². The van der Waals surface area contributed by atoms with Crippen molar-refractivity contribution in [3.63, 3.8) is 0 Å². The molecule has 1 saturated heterocycles. The van der Waals surface area contributed by atoms with Crippen LogP contribution in [0.3, 0.4) is 0 Å². The molecule has 3 rings (SSSR count). The number of benzene rings is 2. The Morgan fingerprint density at radius 1 is 1.24 bits per heavy atom. The summed E-state index contributed by atoms with van der Waals surface area (Å²) in [6.45, 7) is 4.99. The smallest absolute Gasteiger partial charge is 0.258 e. The minimum absolute atomic E-state index is 0.0135. The average Bonchev–Trinajstić information content (AvgIpc) is 2.50. The molecule has 4 nitrogen and oxygen atoms in total. The van der Waals surface area contributed by atoms with Gasteiger partial charge in [0.1, 0.15) is 5.75 Å². The third-order valence-electron chi connectivity index (χ3n) is 4.00. The van der Waals surface area contributed by atoms with Gasteiger partial charge in [0.15, 0.2) is 0 Å². The van der Waals surface area contributed by atoms with Gasteiger partial charge in [-0.1, -0.05) is 30.3 Å². The first-order valence-corrected chi connectivity index (χ1v) is 7.21. The van der Waals surface area contributed by atoms with E-state index in [2.05, 4.69) is 0 Å². The highest BCUT2D eigenvalue weighted by atomic mass is 16.5. The fraction of sp³-hybridized carbons (Fsp3) is 0.353. The van der Waals surface area contributed by atoms with Crippen LogP contribution in [0, 0.1) is 0 Å². The second-order valence-corrected chi connectivity index (χ2v) is 5.63. The number of nitrogens with zero attached hydrogens (tertiary/aromatic N) is 1. The van der Waals surface area contributed by atoms with Gasteiger partial charge < -0.3 is 14.7 Å². The van der Waals surface area contributed by atoms with Crippen LogP contribution in [0.2, 0.25) is 0 Å². The van der Waals surface area contributed by atoms with Crippen molar-refractivity contribution in [2.24, 2.45) is 0 Å². The summed E-state index contributed by atoms with van der Waals surface area (Å²) in [5.41, 5.74) is 0.356. The summed E-state index contributed by atoms with van der Waals surface area (Å²) >= 11 is 0. The Balaban J connectivity index is 1.99. The van der Waals surface area contributed by atoms with Crippen LogP contribution >= 0.6 is 0 Å². The first-order chi connectivity index (χ1) is 10.1. The van der Waals surface area contributed by atoms with Gasteiger partial charge in [0.25, 0.3) is 5.91 Å². The molecule has 2 aromatic carbocycles. The number of hydrogen-bond donors (Lipinski definition) is 1. The highest BCUT2D eigenvalue weighted by molar-refractivity contribution is 6.03. The molecule has 2 aromatic rings. The van der Waals surface area contributed by atoms with Crippen molar-refractivity contribution in [1.29, 1.82) is 0 Å². The van der Waals surface area contributed by atoms with Crippen molar-refractivity contribution < 1.29 is 14.6 Å². The molecule has 0 radical (unpaired) electrons. The van der Waals surface area contributed by atoms with E-state index in [1.807, 2.05) is 44.2 Å². The topological polar surface area (TPSA) is 49.8 Å². The summed E-state index contributed by atoms with van der Waals surface area (Å²) in [5.74, 6) is -0.0784. The Labute approximate surface area is 123 Å². The van der Waals surface area contributed by atoms with Crippen molar-refractivity contribution in [3.05, 3.63) is 42.0 Å². The number of ether oxygens (including phenoxy) is 1. The highest BCUT2D eigenvalue weighted by Gasteiger charge is 2.29. The number of morpholine rings is 1.